The van der Waals surface area contributed by atoms with Crippen LogP contribution >= 0.6 is 0 Å². The second kappa shape index (κ2) is 5.83. The van der Waals surface area contributed by atoms with Crippen molar-refractivity contribution in [1.82, 2.24) is 10.0 Å². The number of ether oxygens (including phenoxy) is 1. The second-order valence-corrected chi connectivity index (χ2v) is 5.02. The molecule has 1 aromatic carbocycles. The van der Waals surface area contributed by atoms with E-state index in [0.29, 0.717) is 12.4 Å². The first-order chi connectivity index (χ1) is 7.60. The van der Waals surface area contributed by atoms with E-state index < -0.39 is 10.0 Å². The van der Waals surface area contributed by atoms with Crippen molar-refractivity contribution in [1.29, 1.82) is 0 Å². The van der Waals surface area contributed by atoms with Crippen LogP contribution in [0.15, 0.2) is 29.2 Å². The molecule has 1 rings (SSSR count). The van der Waals surface area contributed by atoms with Crippen LogP contribution in [0.5, 0.6) is 5.75 Å². The SMILES string of the molecule is CNCCOc1ccc(S(=O)(=O)NC)cc1. The summed E-state index contributed by atoms with van der Waals surface area (Å²) in [5.41, 5.74) is 0. The van der Waals surface area contributed by atoms with Gasteiger partial charge in [-0.2, -0.15) is 0 Å². The summed E-state index contributed by atoms with van der Waals surface area (Å²) in [6.07, 6.45) is 0. The summed E-state index contributed by atoms with van der Waals surface area (Å²) < 4.78 is 30.4. The fourth-order valence-corrected chi connectivity index (χ4v) is 1.83. The molecule has 16 heavy (non-hydrogen) atoms. The third-order valence-electron chi connectivity index (χ3n) is 2.02. The summed E-state index contributed by atoms with van der Waals surface area (Å²) >= 11 is 0. The zero-order valence-corrected chi connectivity index (χ0v) is 10.2. The van der Waals surface area contributed by atoms with Crippen LogP contribution in [0.3, 0.4) is 0 Å². The van der Waals surface area contributed by atoms with Gasteiger partial charge in [-0.3, -0.25) is 0 Å². The Morgan fingerprint density at radius 1 is 1.19 bits per heavy atom. The molecule has 0 saturated carbocycles. The van der Waals surface area contributed by atoms with Gasteiger partial charge in [0.25, 0.3) is 0 Å². The monoisotopic (exact) mass is 244 g/mol. The molecule has 0 heterocycles. The van der Waals surface area contributed by atoms with Crippen molar-refractivity contribution in [2.24, 2.45) is 0 Å². The van der Waals surface area contributed by atoms with E-state index in [1.807, 2.05) is 7.05 Å². The molecular formula is C10H16N2O3S. The quantitative estimate of drug-likeness (QED) is 0.701. The number of benzene rings is 1. The van der Waals surface area contributed by atoms with E-state index in [1.54, 1.807) is 12.1 Å². The summed E-state index contributed by atoms with van der Waals surface area (Å²) in [4.78, 5) is 0.232. The Balaban J connectivity index is 2.68. The van der Waals surface area contributed by atoms with Crippen LogP contribution < -0.4 is 14.8 Å². The summed E-state index contributed by atoms with van der Waals surface area (Å²) in [5.74, 6) is 0.658. The zero-order chi connectivity index (χ0) is 12.0. The van der Waals surface area contributed by atoms with Gasteiger partial charge in [-0.25, -0.2) is 13.1 Å². The molecule has 2 N–H and O–H groups in total. The minimum atomic E-state index is -3.36. The highest BCUT2D eigenvalue weighted by molar-refractivity contribution is 7.89. The van der Waals surface area contributed by atoms with Gasteiger partial charge in [-0.15, -0.1) is 0 Å². The normalized spacial score (nSPS) is 11.4. The lowest BCUT2D eigenvalue weighted by Crippen LogP contribution is -2.18. The molecule has 0 aliphatic rings. The summed E-state index contributed by atoms with van der Waals surface area (Å²) in [6.45, 7) is 1.30. The highest BCUT2D eigenvalue weighted by Crippen LogP contribution is 2.15. The molecule has 1 aromatic rings. The van der Waals surface area contributed by atoms with Gasteiger partial charge in [0.1, 0.15) is 12.4 Å². The van der Waals surface area contributed by atoms with Crippen molar-refractivity contribution in [2.75, 3.05) is 27.2 Å². The lowest BCUT2D eigenvalue weighted by molar-refractivity contribution is 0.318. The molecule has 0 saturated heterocycles. The molecule has 0 atom stereocenters. The van der Waals surface area contributed by atoms with Gasteiger partial charge in [-0.05, 0) is 38.4 Å². The predicted octanol–water partition coefficient (Wildman–Crippen LogP) is 0.193. The molecule has 5 nitrogen and oxygen atoms in total. The zero-order valence-electron chi connectivity index (χ0n) is 9.36. The number of likely N-dealkylation sites (N-methyl/N-ethyl adjacent to an activating group) is 1. The summed E-state index contributed by atoms with van der Waals surface area (Å²) in [5, 5.41) is 2.95. The van der Waals surface area contributed by atoms with Crippen molar-refractivity contribution in [3.05, 3.63) is 24.3 Å². The van der Waals surface area contributed by atoms with E-state index in [0.717, 1.165) is 6.54 Å². The minimum absolute atomic E-state index is 0.232. The molecule has 0 bridgehead atoms. The number of sulfonamides is 1. The van der Waals surface area contributed by atoms with Crippen LogP contribution in [0.4, 0.5) is 0 Å². The lowest BCUT2D eigenvalue weighted by atomic mass is 10.3. The molecule has 0 amide bonds. The first-order valence-corrected chi connectivity index (χ1v) is 6.39. The Morgan fingerprint density at radius 3 is 2.31 bits per heavy atom. The van der Waals surface area contributed by atoms with Crippen LogP contribution in [0.1, 0.15) is 0 Å². The highest BCUT2D eigenvalue weighted by Gasteiger charge is 2.10. The van der Waals surface area contributed by atoms with Gasteiger partial charge >= 0.3 is 0 Å². The molecule has 0 spiro atoms. The third kappa shape index (κ3) is 3.48. The summed E-state index contributed by atoms with van der Waals surface area (Å²) in [6, 6.07) is 6.31. The van der Waals surface area contributed by atoms with Crippen molar-refractivity contribution in [3.8, 4) is 5.75 Å². The predicted molar refractivity (Wildman–Crippen MR) is 62.1 cm³/mol. The fraction of sp³-hybridized carbons (Fsp3) is 0.400. The standard InChI is InChI=1S/C10H16N2O3S/c1-11-7-8-15-9-3-5-10(6-4-9)16(13,14)12-2/h3-6,11-12H,7-8H2,1-2H3. The van der Waals surface area contributed by atoms with Gasteiger partial charge < -0.3 is 10.1 Å². The van der Waals surface area contributed by atoms with Crippen LogP contribution in [-0.2, 0) is 10.0 Å². The van der Waals surface area contributed by atoms with Gasteiger partial charge in [0.2, 0.25) is 10.0 Å². The van der Waals surface area contributed by atoms with Gasteiger partial charge in [0, 0.05) is 6.54 Å². The third-order valence-corrected chi connectivity index (χ3v) is 3.45. The van der Waals surface area contributed by atoms with Gasteiger partial charge in [0.05, 0.1) is 4.90 Å². The number of hydrogen-bond acceptors (Lipinski definition) is 4. The van der Waals surface area contributed by atoms with E-state index in [2.05, 4.69) is 10.0 Å². The molecule has 6 heteroatoms. The minimum Gasteiger partial charge on any atom is -0.492 e. The van der Waals surface area contributed by atoms with E-state index in [1.165, 1.54) is 19.2 Å². The van der Waals surface area contributed by atoms with Crippen LogP contribution in [0.2, 0.25) is 0 Å². The molecule has 0 radical (unpaired) electrons. The topological polar surface area (TPSA) is 67.4 Å². The van der Waals surface area contributed by atoms with Crippen LogP contribution in [0, 0.1) is 0 Å². The van der Waals surface area contributed by atoms with E-state index in [4.69, 9.17) is 4.74 Å². The Morgan fingerprint density at radius 2 is 1.81 bits per heavy atom. The van der Waals surface area contributed by atoms with Crippen molar-refractivity contribution >= 4 is 10.0 Å². The second-order valence-electron chi connectivity index (χ2n) is 3.13. The first kappa shape index (κ1) is 13.0. The average Bonchev–Trinajstić information content (AvgIpc) is 2.30. The number of nitrogens with one attached hydrogen (secondary N) is 2. The molecule has 0 fully saturated rings. The van der Waals surface area contributed by atoms with Crippen molar-refractivity contribution in [2.45, 2.75) is 4.90 Å². The summed E-state index contributed by atoms with van der Waals surface area (Å²) in [7, 11) is -0.137. The molecule has 0 aromatic heterocycles. The molecule has 0 aliphatic heterocycles. The largest absolute Gasteiger partial charge is 0.492 e. The molecule has 0 aliphatic carbocycles. The lowest BCUT2D eigenvalue weighted by Gasteiger charge is -2.06. The van der Waals surface area contributed by atoms with E-state index in [-0.39, 0.29) is 4.90 Å². The highest BCUT2D eigenvalue weighted by atomic mass is 32.2. The van der Waals surface area contributed by atoms with Crippen molar-refractivity contribution in [3.63, 3.8) is 0 Å². The molecule has 90 valence electrons. The fourth-order valence-electron chi connectivity index (χ4n) is 1.10. The maximum Gasteiger partial charge on any atom is 0.240 e. The Kier molecular flexibility index (Phi) is 4.72. The molecule has 0 unspecified atom stereocenters. The maximum atomic E-state index is 11.4. The van der Waals surface area contributed by atoms with Gasteiger partial charge in [-0.1, -0.05) is 0 Å². The van der Waals surface area contributed by atoms with Crippen LogP contribution in [-0.4, -0.2) is 35.7 Å². The van der Waals surface area contributed by atoms with Gasteiger partial charge in [0.15, 0.2) is 0 Å². The van der Waals surface area contributed by atoms with Crippen molar-refractivity contribution < 1.29 is 13.2 Å². The Bertz CT molecular complexity index is 414. The van der Waals surface area contributed by atoms with E-state index in [9.17, 15) is 8.42 Å². The Labute approximate surface area is 95.9 Å². The van der Waals surface area contributed by atoms with Crippen LogP contribution in [0.25, 0.3) is 0 Å². The smallest absolute Gasteiger partial charge is 0.240 e. The number of rotatable bonds is 6. The Hall–Kier alpha value is -1.11. The average molecular weight is 244 g/mol. The molecular weight excluding hydrogens is 228 g/mol. The van der Waals surface area contributed by atoms with E-state index >= 15 is 0 Å². The number of hydrogen-bond donors (Lipinski definition) is 2. The maximum absolute atomic E-state index is 11.4. The first-order valence-electron chi connectivity index (χ1n) is 4.91.